The number of ketones is 1. The molecule has 0 radical (unpaired) electrons. The van der Waals surface area contributed by atoms with E-state index in [1.807, 2.05) is 0 Å². The van der Waals surface area contributed by atoms with Crippen molar-refractivity contribution < 1.29 is 4.79 Å². The van der Waals surface area contributed by atoms with E-state index >= 15 is 0 Å². The summed E-state index contributed by atoms with van der Waals surface area (Å²) in [6, 6.07) is 0. The molecule has 0 fully saturated rings. The largest absolute Gasteiger partial charge is 0.300 e. The average Bonchev–Trinajstić information content (AvgIpc) is 2.92. The van der Waals surface area contributed by atoms with E-state index in [0.29, 0.717) is 5.78 Å². The lowest BCUT2D eigenvalue weighted by Crippen LogP contribution is -1.97. The summed E-state index contributed by atoms with van der Waals surface area (Å²) >= 11 is 0. The molecule has 0 saturated heterocycles. The Morgan fingerprint density at radius 2 is 0.421 bits per heavy atom. The fourth-order valence-electron chi connectivity index (χ4n) is 5.87. The molecule has 0 aliphatic rings. The van der Waals surface area contributed by atoms with Gasteiger partial charge in [-0.25, -0.2) is 0 Å². The van der Waals surface area contributed by atoms with E-state index in [-0.39, 0.29) is 0 Å². The maximum absolute atomic E-state index is 11.9. The molecule has 38 heavy (non-hydrogen) atoms. The second-order valence-corrected chi connectivity index (χ2v) is 12.6. The van der Waals surface area contributed by atoms with Gasteiger partial charge in [0.1, 0.15) is 5.78 Å². The Morgan fingerprint density at radius 1 is 0.263 bits per heavy atom. The van der Waals surface area contributed by atoms with Gasteiger partial charge in [0.15, 0.2) is 0 Å². The molecule has 0 aromatic rings. The first-order chi connectivity index (χ1) is 18.8. The molecule has 0 bridgehead atoms. The van der Waals surface area contributed by atoms with Gasteiger partial charge in [0.2, 0.25) is 0 Å². The van der Waals surface area contributed by atoms with E-state index in [2.05, 4.69) is 13.8 Å². The van der Waals surface area contributed by atoms with E-state index in [1.54, 1.807) is 0 Å². The predicted octanol–water partition coefficient (Wildman–Crippen LogP) is 13.9. The van der Waals surface area contributed by atoms with Gasteiger partial charge in [0.25, 0.3) is 0 Å². The van der Waals surface area contributed by atoms with Gasteiger partial charge in [-0.1, -0.05) is 206 Å². The van der Waals surface area contributed by atoms with Crippen molar-refractivity contribution in [3.05, 3.63) is 0 Å². The van der Waals surface area contributed by atoms with Crippen LogP contribution in [0, 0.1) is 0 Å². The zero-order valence-electron chi connectivity index (χ0n) is 26.9. The zero-order chi connectivity index (χ0) is 27.6. The number of hydrogen-bond acceptors (Lipinski definition) is 1. The Balaban J connectivity index is 3.07. The fourth-order valence-corrected chi connectivity index (χ4v) is 5.87. The number of carbonyl (C=O) groups is 1. The molecule has 0 atom stereocenters. The molecule has 0 aromatic heterocycles. The van der Waals surface area contributed by atoms with E-state index in [0.717, 1.165) is 25.7 Å². The minimum absolute atomic E-state index is 0.510. The molecule has 0 saturated carbocycles. The van der Waals surface area contributed by atoms with Crippen LogP contribution >= 0.6 is 0 Å². The molecular weight excluding hydrogens is 460 g/mol. The number of hydrogen-bond donors (Lipinski definition) is 0. The molecule has 1 heteroatoms. The molecule has 0 aromatic carbocycles. The lowest BCUT2D eigenvalue weighted by Gasteiger charge is -2.05. The summed E-state index contributed by atoms with van der Waals surface area (Å²) in [5, 5.41) is 0. The Labute approximate surface area is 242 Å². The highest BCUT2D eigenvalue weighted by Gasteiger charge is 2.02. The molecule has 0 amide bonds. The van der Waals surface area contributed by atoms with Crippen LogP contribution in [0.2, 0.25) is 0 Å². The van der Waals surface area contributed by atoms with Crippen molar-refractivity contribution in [2.24, 2.45) is 0 Å². The summed E-state index contributed by atoms with van der Waals surface area (Å²) in [7, 11) is 0. The quantitative estimate of drug-likeness (QED) is 0.0750. The molecule has 0 heterocycles. The molecule has 0 spiro atoms. The molecule has 1 nitrogen and oxygen atoms in total. The van der Waals surface area contributed by atoms with Crippen LogP contribution in [0.25, 0.3) is 0 Å². The van der Waals surface area contributed by atoms with E-state index < -0.39 is 0 Å². The number of rotatable bonds is 34. The zero-order valence-corrected chi connectivity index (χ0v) is 26.9. The molecule has 0 aliphatic heterocycles. The van der Waals surface area contributed by atoms with Crippen LogP contribution in [0.5, 0.6) is 0 Å². The van der Waals surface area contributed by atoms with Gasteiger partial charge in [0, 0.05) is 12.8 Å². The topological polar surface area (TPSA) is 17.1 Å². The Bertz CT molecular complexity index is 428. The molecule has 0 aliphatic carbocycles. The third-order valence-electron chi connectivity index (χ3n) is 8.62. The SMILES string of the molecule is CCCCCCCCCCCCCCCCCCCCCCCCCCCCCCC(=O)CCCCCC. The lowest BCUT2D eigenvalue weighted by atomic mass is 10.0. The van der Waals surface area contributed by atoms with Crippen LogP contribution in [0.1, 0.15) is 232 Å². The Kier molecular flexibility index (Phi) is 34.4. The van der Waals surface area contributed by atoms with Gasteiger partial charge in [-0.15, -0.1) is 0 Å². The first-order valence-corrected chi connectivity index (χ1v) is 18.3. The monoisotopic (exact) mass is 535 g/mol. The highest BCUT2D eigenvalue weighted by atomic mass is 16.1. The first-order valence-electron chi connectivity index (χ1n) is 18.3. The molecule has 0 unspecified atom stereocenters. The van der Waals surface area contributed by atoms with E-state index in [9.17, 15) is 4.79 Å². The van der Waals surface area contributed by atoms with Crippen molar-refractivity contribution in [1.29, 1.82) is 0 Å². The standard InChI is InChI=1S/C37H74O/c1-3-5-7-9-10-11-12-13-14-15-16-17-18-19-20-21-22-23-24-25-26-27-28-29-30-31-32-34-36-37(38)35-33-8-6-4-2/h3-36H2,1-2H3. The van der Waals surface area contributed by atoms with Gasteiger partial charge in [-0.05, 0) is 12.8 Å². The van der Waals surface area contributed by atoms with Crippen molar-refractivity contribution in [1.82, 2.24) is 0 Å². The highest BCUT2D eigenvalue weighted by Crippen LogP contribution is 2.16. The van der Waals surface area contributed by atoms with Gasteiger partial charge in [-0.2, -0.15) is 0 Å². The minimum Gasteiger partial charge on any atom is -0.300 e. The highest BCUT2D eigenvalue weighted by molar-refractivity contribution is 5.78. The Morgan fingerprint density at radius 3 is 0.632 bits per heavy atom. The van der Waals surface area contributed by atoms with Crippen molar-refractivity contribution in [2.75, 3.05) is 0 Å². The summed E-state index contributed by atoms with van der Waals surface area (Å²) < 4.78 is 0. The van der Waals surface area contributed by atoms with E-state index in [1.165, 1.54) is 193 Å². The lowest BCUT2D eigenvalue weighted by molar-refractivity contribution is -0.119. The van der Waals surface area contributed by atoms with Gasteiger partial charge >= 0.3 is 0 Å². The first kappa shape index (κ1) is 37.7. The second kappa shape index (κ2) is 34.7. The summed E-state index contributed by atoms with van der Waals surface area (Å²) in [5.41, 5.74) is 0. The van der Waals surface area contributed by atoms with Crippen molar-refractivity contribution in [3.63, 3.8) is 0 Å². The third kappa shape index (κ3) is 33.7. The van der Waals surface area contributed by atoms with Crippen molar-refractivity contribution >= 4 is 5.78 Å². The second-order valence-electron chi connectivity index (χ2n) is 12.6. The van der Waals surface area contributed by atoms with Gasteiger partial charge in [0.05, 0.1) is 0 Å². The molecule has 0 N–H and O–H groups in total. The van der Waals surface area contributed by atoms with Crippen LogP contribution in [0.4, 0.5) is 0 Å². The molecular formula is C37H74O. The van der Waals surface area contributed by atoms with Crippen LogP contribution in [-0.4, -0.2) is 5.78 Å². The molecule has 228 valence electrons. The van der Waals surface area contributed by atoms with Gasteiger partial charge in [-0.3, -0.25) is 4.79 Å². The van der Waals surface area contributed by atoms with Crippen LogP contribution in [0.3, 0.4) is 0 Å². The summed E-state index contributed by atoms with van der Waals surface area (Å²) in [5.74, 6) is 0.510. The summed E-state index contributed by atoms with van der Waals surface area (Å²) in [6.45, 7) is 4.53. The van der Waals surface area contributed by atoms with E-state index in [4.69, 9.17) is 0 Å². The number of Topliss-reactive ketones (excluding diaryl/α,β-unsaturated/α-hetero) is 1. The third-order valence-corrected chi connectivity index (χ3v) is 8.62. The minimum atomic E-state index is 0.510. The molecule has 0 rings (SSSR count). The maximum Gasteiger partial charge on any atom is 0.132 e. The van der Waals surface area contributed by atoms with Crippen LogP contribution < -0.4 is 0 Å². The number of carbonyl (C=O) groups excluding carboxylic acids is 1. The van der Waals surface area contributed by atoms with Crippen molar-refractivity contribution in [2.45, 2.75) is 232 Å². The maximum atomic E-state index is 11.9. The predicted molar refractivity (Wildman–Crippen MR) is 173 cm³/mol. The summed E-state index contributed by atoms with van der Waals surface area (Å²) in [6.07, 6.45) is 46.8. The van der Waals surface area contributed by atoms with Crippen LogP contribution in [-0.2, 0) is 4.79 Å². The average molecular weight is 535 g/mol. The smallest absolute Gasteiger partial charge is 0.132 e. The number of unbranched alkanes of at least 4 members (excludes halogenated alkanes) is 30. The summed E-state index contributed by atoms with van der Waals surface area (Å²) in [4.78, 5) is 11.9. The Hall–Kier alpha value is -0.330. The van der Waals surface area contributed by atoms with Crippen LogP contribution in [0.15, 0.2) is 0 Å². The van der Waals surface area contributed by atoms with Gasteiger partial charge < -0.3 is 0 Å². The fraction of sp³-hybridized carbons (Fsp3) is 0.973. The normalized spacial score (nSPS) is 11.4. The van der Waals surface area contributed by atoms with Crippen molar-refractivity contribution in [3.8, 4) is 0 Å².